The molecule has 2 N–H and O–H groups in total. The Morgan fingerprint density at radius 3 is 2.11 bits per heavy atom. The minimum Gasteiger partial charge on any atom is -0.457 e. The lowest BCUT2D eigenvalue weighted by atomic mass is 9.84. The first kappa shape index (κ1) is 24.9. The van der Waals surface area contributed by atoms with Crippen molar-refractivity contribution in [2.75, 3.05) is 18.8 Å². The quantitative estimate of drug-likeness (QED) is 0.329. The molecule has 3 aromatic rings. The number of benzene rings is 3. The molecule has 6 nitrogen and oxygen atoms in total. The number of carbonyl (C=O) groups excluding carboxylic acids is 1. The van der Waals surface area contributed by atoms with Gasteiger partial charge in [-0.25, -0.2) is 0 Å². The summed E-state index contributed by atoms with van der Waals surface area (Å²) in [6.07, 6.45) is 1.85. The highest BCUT2D eigenvalue weighted by Gasteiger charge is 2.46. The number of likely N-dealkylation sites (tertiary alicyclic amines) is 1. The Hall–Kier alpha value is -3.77. The van der Waals surface area contributed by atoms with E-state index in [9.17, 15) is 4.79 Å². The van der Waals surface area contributed by atoms with Crippen molar-refractivity contribution in [2.24, 2.45) is 10.4 Å². The maximum Gasteiger partial charge on any atom is 0.540 e. The average Bonchev–Trinajstić information content (AvgIpc) is 3.25. The highest BCUT2D eigenvalue weighted by molar-refractivity contribution is 6.51. The van der Waals surface area contributed by atoms with Gasteiger partial charge in [0.05, 0.1) is 0 Å². The summed E-state index contributed by atoms with van der Waals surface area (Å²) in [5.74, 6) is 1.57. The van der Waals surface area contributed by atoms with E-state index < -0.39 is 0 Å². The van der Waals surface area contributed by atoms with Crippen LogP contribution in [-0.2, 0) is 6.54 Å². The third kappa shape index (κ3) is 5.65. The van der Waals surface area contributed by atoms with Crippen LogP contribution in [0.2, 0.25) is 0 Å². The van der Waals surface area contributed by atoms with Gasteiger partial charge in [-0.15, -0.1) is 0 Å². The smallest absolute Gasteiger partial charge is 0.457 e. The van der Waals surface area contributed by atoms with Gasteiger partial charge in [0.15, 0.2) is 5.71 Å². The van der Waals surface area contributed by atoms with Crippen molar-refractivity contribution < 1.29 is 14.1 Å². The number of anilines is 1. The lowest BCUT2D eigenvalue weighted by molar-refractivity contribution is -0.471. The normalized spacial score (nSPS) is 17.3. The summed E-state index contributed by atoms with van der Waals surface area (Å²) in [6.45, 7) is 9.12. The maximum absolute atomic E-state index is 13.2. The predicted octanol–water partition coefficient (Wildman–Crippen LogP) is 6.15. The van der Waals surface area contributed by atoms with Crippen molar-refractivity contribution in [1.82, 2.24) is 4.90 Å². The van der Waals surface area contributed by atoms with E-state index in [0.29, 0.717) is 0 Å². The second-order valence-electron chi connectivity index (χ2n) is 10.9. The second-order valence-corrected chi connectivity index (χ2v) is 10.9. The fourth-order valence-corrected chi connectivity index (χ4v) is 5.07. The van der Waals surface area contributed by atoms with Gasteiger partial charge in [0, 0.05) is 49.1 Å². The van der Waals surface area contributed by atoms with Crippen molar-refractivity contribution in [3.05, 3.63) is 90.0 Å². The van der Waals surface area contributed by atoms with Gasteiger partial charge in [0.2, 0.25) is 5.71 Å². The number of urea groups is 1. The molecule has 3 aromatic carbocycles. The van der Waals surface area contributed by atoms with Crippen molar-refractivity contribution in [3.63, 3.8) is 0 Å². The number of amides is 2. The van der Waals surface area contributed by atoms with Crippen LogP contribution in [0.1, 0.15) is 44.7 Å². The topological polar surface area (TPSA) is 70.9 Å². The molecule has 2 aliphatic rings. The number of aliphatic imine (C=N–C) groups is 1. The Bertz CT molecular complexity index is 1310. The number of nitrogen functional groups attached to an aromatic ring is 1. The molecule has 0 bridgehead atoms. The molecule has 190 valence electrons. The lowest BCUT2D eigenvalue weighted by Gasteiger charge is -2.31. The number of rotatable bonds is 6. The predicted molar refractivity (Wildman–Crippen MR) is 149 cm³/mol. The van der Waals surface area contributed by atoms with Gasteiger partial charge < -0.3 is 10.5 Å². The molecule has 0 spiro atoms. The fraction of sp³-hybridized carbons (Fsp3) is 0.323. The summed E-state index contributed by atoms with van der Waals surface area (Å²) in [4.78, 5) is 20.1. The van der Waals surface area contributed by atoms with Crippen LogP contribution in [0.15, 0.2) is 83.9 Å². The summed E-state index contributed by atoms with van der Waals surface area (Å²) in [5, 5.41) is 0. The molecule has 0 saturated carbocycles. The molecule has 2 amide bonds. The van der Waals surface area contributed by atoms with E-state index >= 15 is 0 Å². The number of nitrogens with zero attached hydrogens (tertiary/aromatic N) is 3. The first-order valence-electron chi connectivity index (χ1n) is 13.0. The van der Waals surface area contributed by atoms with Crippen LogP contribution in [0.3, 0.4) is 0 Å². The number of hydrogen-bond donors (Lipinski definition) is 1. The molecule has 0 radical (unpaired) electrons. The molecule has 1 saturated heterocycles. The molecule has 2 aliphatic heterocycles. The SMILES string of the molecule is CC(C)(C)C1=NC(=O)[N+](C2CCN(Cc3ccc(Oc4ccc(N)cc4)cc3)CC2)=C1c1ccccc1. The van der Waals surface area contributed by atoms with E-state index in [1.165, 1.54) is 5.56 Å². The van der Waals surface area contributed by atoms with Crippen LogP contribution >= 0.6 is 0 Å². The third-order valence-electron chi connectivity index (χ3n) is 7.00. The van der Waals surface area contributed by atoms with Crippen LogP contribution in [-0.4, -0.2) is 46.1 Å². The highest BCUT2D eigenvalue weighted by atomic mass is 16.5. The zero-order chi connectivity index (χ0) is 26.0. The van der Waals surface area contributed by atoms with Crippen LogP contribution in [0.5, 0.6) is 11.5 Å². The van der Waals surface area contributed by atoms with Crippen molar-refractivity contribution in [2.45, 2.75) is 46.2 Å². The van der Waals surface area contributed by atoms with Gasteiger partial charge in [-0.1, -0.05) is 63.2 Å². The molecule has 2 heterocycles. The van der Waals surface area contributed by atoms with Gasteiger partial charge >= 0.3 is 6.03 Å². The van der Waals surface area contributed by atoms with Crippen molar-refractivity contribution in [3.8, 4) is 11.5 Å². The molecule has 0 aromatic heterocycles. The van der Waals surface area contributed by atoms with Crippen LogP contribution in [0.4, 0.5) is 10.5 Å². The Balaban J connectivity index is 1.25. The van der Waals surface area contributed by atoms with E-state index in [4.69, 9.17) is 10.5 Å². The number of ether oxygens (including phenoxy) is 1. The Morgan fingerprint density at radius 1 is 0.919 bits per heavy atom. The Labute approximate surface area is 219 Å². The summed E-state index contributed by atoms with van der Waals surface area (Å²) < 4.78 is 7.89. The molecule has 1 fully saturated rings. The first-order valence-corrected chi connectivity index (χ1v) is 13.0. The first-order chi connectivity index (χ1) is 17.8. The molecule has 0 atom stereocenters. The second kappa shape index (κ2) is 10.3. The van der Waals surface area contributed by atoms with Gasteiger partial charge in [0.1, 0.15) is 17.5 Å². The van der Waals surface area contributed by atoms with Gasteiger partial charge in [-0.05, 0) is 47.0 Å². The molecule has 6 heteroatoms. The maximum atomic E-state index is 13.2. The molecular weight excluding hydrogens is 460 g/mol. The summed E-state index contributed by atoms with van der Waals surface area (Å²) in [7, 11) is 0. The van der Waals surface area contributed by atoms with Crippen LogP contribution in [0, 0.1) is 5.41 Å². The number of nitrogens with two attached hydrogens (primary N) is 1. The van der Waals surface area contributed by atoms with Gasteiger partial charge in [-0.3, -0.25) is 4.90 Å². The fourth-order valence-electron chi connectivity index (χ4n) is 5.07. The summed E-state index contributed by atoms with van der Waals surface area (Å²) >= 11 is 0. The minimum absolute atomic E-state index is 0.126. The standard InChI is InChI=1S/C31H35N4O2/c1-31(2,3)29-28(23-7-5-4-6-8-23)35(30(36)33-29)25-17-19-34(20-18-25)21-22-9-13-26(14-10-22)37-27-15-11-24(32)12-16-27/h4-16,25H,17-21,32H2,1-3H3/q+1. The zero-order valence-electron chi connectivity index (χ0n) is 21.9. The monoisotopic (exact) mass is 495 g/mol. The van der Waals surface area contributed by atoms with E-state index in [0.717, 1.165) is 66.6 Å². The molecule has 37 heavy (non-hydrogen) atoms. The number of carbonyl (C=O) groups is 1. The van der Waals surface area contributed by atoms with Crippen molar-refractivity contribution in [1.29, 1.82) is 0 Å². The van der Waals surface area contributed by atoms with E-state index in [1.807, 2.05) is 59.2 Å². The van der Waals surface area contributed by atoms with E-state index in [-0.39, 0.29) is 17.5 Å². The highest BCUT2D eigenvalue weighted by Crippen LogP contribution is 2.28. The molecule has 0 aliphatic carbocycles. The largest absolute Gasteiger partial charge is 0.540 e. The Kier molecular flexibility index (Phi) is 6.94. The average molecular weight is 496 g/mol. The number of piperidine rings is 1. The third-order valence-corrected chi connectivity index (χ3v) is 7.00. The Morgan fingerprint density at radius 2 is 1.51 bits per heavy atom. The van der Waals surface area contributed by atoms with Gasteiger partial charge in [0.25, 0.3) is 0 Å². The minimum atomic E-state index is -0.208. The zero-order valence-corrected chi connectivity index (χ0v) is 21.9. The summed E-state index contributed by atoms with van der Waals surface area (Å²) in [6, 6.07) is 25.9. The molecular formula is C31H35N4O2+. The molecule has 0 unspecified atom stereocenters. The number of hydrogen-bond acceptors (Lipinski definition) is 4. The summed E-state index contributed by atoms with van der Waals surface area (Å²) in [5.41, 5.74) is 10.4. The van der Waals surface area contributed by atoms with Crippen LogP contribution < -0.4 is 10.5 Å². The van der Waals surface area contributed by atoms with Crippen molar-refractivity contribution >= 4 is 23.1 Å². The van der Waals surface area contributed by atoms with E-state index in [2.05, 4.69) is 54.9 Å². The molecule has 5 rings (SSSR count). The van der Waals surface area contributed by atoms with Gasteiger partial charge in [-0.2, -0.15) is 9.37 Å². The lowest BCUT2D eigenvalue weighted by Crippen LogP contribution is -2.44. The van der Waals surface area contributed by atoms with E-state index in [1.54, 1.807) is 0 Å². The van der Waals surface area contributed by atoms with Crippen LogP contribution in [0.25, 0.3) is 0 Å².